The summed E-state index contributed by atoms with van der Waals surface area (Å²) in [4.78, 5) is 22.2. The van der Waals surface area contributed by atoms with Crippen molar-refractivity contribution in [3.05, 3.63) is 131 Å². The molecular weight excluding hydrogens is 895 g/mol. The first-order chi connectivity index (χ1) is 25.5. The second-order valence-electron chi connectivity index (χ2n) is 9.71. The summed E-state index contributed by atoms with van der Waals surface area (Å²) in [6.45, 7) is 5.96. The van der Waals surface area contributed by atoms with E-state index in [1.165, 1.54) is 40.5 Å². The third-order valence-electron chi connectivity index (χ3n) is 6.12. The number of aldehydes is 1. The summed E-state index contributed by atoms with van der Waals surface area (Å²) < 4.78 is 52.1. The number of benzene rings is 4. The molecule has 0 atom stereocenters. The van der Waals surface area contributed by atoms with Gasteiger partial charge in [0.05, 0.1) is 5.69 Å². The molecule has 0 aliphatic heterocycles. The van der Waals surface area contributed by atoms with Crippen molar-refractivity contribution in [1.82, 2.24) is 15.0 Å². The van der Waals surface area contributed by atoms with Gasteiger partial charge in [-0.15, -0.1) is 6.58 Å². The summed E-state index contributed by atoms with van der Waals surface area (Å²) in [5.74, 6) is 0.707. The second-order valence-corrected chi connectivity index (χ2v) is 11.5. The molecule has 3 aromatic heterocycles. The minimum atomic E-state index is -2.35. The number of rotatable bonds is 6. The van der Waals surface area contributed by atoms with Crippen LogP contribution >= 0.6 is 31.9 Å². The van der Waals surface area contributed by atoms with E-state index >= 15 is 0 Å². The van der Waals surface area contributed by atoms with Crippen molar-refractivity contribution < 1.29 is 102 Å². The Morgan fingerprint density at radius 1 is 0.750 bits per heavy atom. The number of halogens is 5. The molecule has 294 valence electrons. The Morgan fingerprint density at radius 3 is 1.52 bits per heavy atom. The maximum absolute atomic E-state index is 10.6. The molecule has 19 heteroatoms. The van der Waals surface area contributed by atoms with Crippen molar-refractivity contribution in [1.29, 1.82) is 0 Å². The average molecular weight is 934 g/mol. The molecule has 0 saturated heterocycles. The van der Waals surface area contributed by atoms with Gasteiger partial charge in [-0.2, -0.15) is 0 Å². The van der Waals surface area contributed by atoms with Crippen molar-refractivity contribution in [3.8, 4) is 5.75 Å². The Bertz CT molecular complexity index is 2070. The van der Waals surface area contributed by atoms with Crippen LogP contribution in [0.2, 0.25) is 0 Å². The van der Waals surface area contributed by atoms with Gasteiger partial charge >= 0.3 is 58.7 Å². The zero-order valence-electron chi connectivity index (χ0n) is 30.1. The SMILES string of the molecule is Brc1ccc2ocnc2c1.C.C=CB(F)F.C=Cc1ccc2ocnc2c1.COC(OC)OC.Nc1cc(Br)ccc1O.O=Cc1ccc2ocnc2c1.[F-].[K+]. The van der Waals surface area contributed by atoms with Crippen LogP contribution < -0.4 is 61.8 Å². The number of carbonyl (C=O) groups is 1. The van der Waals surface area contributed by atoms with Crippen LogP contribution in [0.4, 0.5) is 14.3 Å². The van der Waals surface area contributed by atoms with Crippen LogP contribution in [0.25, 0.3) is 39.4 Å². The number of carbonyl (C=O) groups excluding carboxylic acids is 1. The molecule has 0 unspecified atom stereocenters. The fourth-order valence-corrected chi connectivity index (χ4v) is 4.32. The van der Waals surface area contributed by atoms with Gasteiger partial charge in [0, 0.05) is 35.8 Å². The van der Waals surface area contributed by atoms with E-state index in [0.29, 0.717) is 22.8 Å². The number of anilines is 1. The van der Waals surface area contributed by atoms with Crippen molar-refractivity contribution in [2.75, 3.05) is 27.1 Å². The smallest absolute Gasteiger partial charge is 1.00 e. The Kier molecular flexibility index (Phi) is 29.7. The first kappa shape index (κ1) is 54.5. The number of hydrogen-bond donors (Lipinski definition) is 2. The van der Waals surface area contributed by atoms with Crippen molar-refractivity contribution in [2.45, 2.75) is 13.9 Å². The Morgan fingerprint density at radius 2 is 1.14 bits per heavy atom. The maximum atomic E-state index is 10.6. The first-order valence-electron chi connectivity index (χ1n) is 14.9. The van der Waals surface area contributed by atoms with Crippen LogP contribution in [0.3, 0.4) is 0 Å². The van der Waals surface area contributed by atoms with Gasteiger partial charge in [-0.1, -0.05) is 64.0 Å². The van der Waals surface area contributed by atoms with Gasteiger partial charge in [0.2, 0.25) is 0 Å². The largest absolute Gasteiger partial charge is 1.00 e. The molecule has 12 nitrogen and oxygen atoms in total. The van der Waals surface area contributed by atoms with Gasteiger partial charge in [0.25, 0.3) is 6.48 Å². The first-order valence-corrected chi connectivity index (χ1v) is 16.5. The van der Waals surface area contributed by atoms with E-state index in [9.17, 15) is 13.4 Å². The van der Waals surface area contributed by atoms with E-state index in [2.05, 4.69) is 74.2 Å². The van der Waals surface area contributed by atoms with E-state index in [1.807, 2.05) is 36.4 Å². The van der Waals surface area contributed by atoms with Gasteiger partial charge in [0.1, 0.15) is 28.6 Å². The predicted molar refractivity (Wildman–Crippen MR) is 215 cm³/mol. The van der Waals surface area contributed by atoms with Crippen LogP contribution in [0, 0.1) is 0 Å². The molecule has 3 N–H and O–H groups in total. The number of hydrogen-bond acceptors (Lipinski definition) is 12. The number of ether oxygens (including phenoxy) is 3. The van der Waals surface area contributed by atoms with Crippen LogP contribution in [-0.4, -0.2) is 61.4 Å². The minimum absolute atomic E-state index is 0. The number of aromatic hydroxyl groups is 1. The zero-order valence-corrected chi connectivity index (χ0v) is 36.4. The molecular formula is C37H39BBr2F3KN4O8. The zero-order chi connectivity index (χ0) is 39.2. The molecule has 0 bridgehead atoms. The van der Waals surface area contributed by atoms with Crippen molar-refractivity contribution in [3.63, 3.8) is 0 Å². The van der Waals surface area contributed by atoms with E-state index < -0.39 is 13.7 Å². The molecule has 7 aromatic rings. The Labute approximate surface area is 381 Å². The summed E-state index contributed by atoms with van der Waals surface area (Å²) in [5, 5.41) is 8.90. The number of methoxy groups -OCH3 is 3. The third kappa shape index (κ3) is 20.0. The molecule has 0 fully saturated rings. The molecule has 0 aliphatic rings. The maximum Gasteiger partial charge on any atom is 1.00 e. The summed E-state index contributed by atoms with van der Waals surface area (Å²) in [5.41, 5.74) is 12.2. The third-order valence-corrected chi connectivity index (χ3v) is 7.10. The van der Waals surface area contributed by atoms with Gasteiger partial charge in [-0.25, -0.2) is 15.0 Å². The number of nitrogens with two attached hydrogens (primary N) is 1. The number of aromatic nitrogens is 3. The van der Waals surface area contributed by atoms with Gasteiger partial charge in [-0.3, -0.25) is 13.4 Å². The molecule has 7 rings (SSSR count). The van der Waals surface area contributed by atoms with Crippen LogP contribution in [0.1, 0.15) is 23.3 Å². The van der Waals surface area contributed by atoms with Crippen molar-refractivity contribution >= 4 is 90.5 Å². The molecule has 3 heterocycles. The number of nitrogens with zero attached hydrogens (tertiary/aromatic N) is 3. The monoisotopic (exact) mass is 932 g/mol. The number of phenols is 1. The summed E-state index contributed by atoms with van der Waals surface area (Å²) in [6, 6.07) is 21.5. The predicted octanol–water partition coefficient (Wildman–Crippen LogP) is 4.43. The fraction of sp³-hybridized carbons (Fsp3) is 0.135. The molecule has 0 spiro atoms. The van der Waals surface area contributed by atoms with E-state index in [-0.39, 0.29) is 69.3 Å². The van der Waals surface area contributed by atoms with Crippen LogP contribution in [0.5, 0.6) is 5.75 Å². The van der Waals surface area contributed by atoms with Crippen LogP contribution in [-0.2, 0) is 14.2 Å². The molecule has 0 amide bonds. The number of phenolic OH excluding ortho intramolecular Hbond substituents is 1. The quantitative estimate of drug-likeness (QED) is 0.0793. The molecule has 0 saturated carbocycles. The Hall–Kier alpha value is -3.63. The molecule has 0 radical (unpaired) electrons. The summed E-state index contributed by atoms with van der Waals surface area (Å²) in [7, 11) is 2.18. The van der Waals surface area contributed by atoms with E-state index in [0.717, 1.165) is 48.5 Å². The second kappa shape index (κ2) is 30.5. The van der Waals surface area contributed by atoms with Crippen LogP contribution in [0.15, 0.2) is 133 Å². The van der Waals surface area contributed by atoms with E-state index in [1.54, 1.807) is 42.5 Å². The summed E-state index contributed by atoms with van der Waals surface area (Å²) in [6.07, 6.45) is 6.82. The van der Waals surface area contributed by atoms with Crippen molar-refractivity contribution in [2.24, 2.45) is 0 Å². The normalized spacial score (nSPS) is 9.29. The molecule has 56 heavy (non-hydrogen) atoms. The minimum Gasteiger partial charge on any atom is -1.00 e. The van der Waals surface area contributed by atoms with Gasteiger partial charge in [0.15, 0.2) is 35.9 Å². The number of fused-ring (bicyclic) bond motifs is 3. The fourth-order valence-electron chi connectivity index (χ4n) is 3.60. The van der Waals surface area contributed by atoms with Gasteiger partial charge < -0.3 is 43.0 Å². The molecule has 0 aliphatic carbocycles. The number of oxazole rings is 3. The average Bonchev–Trinajstić information content (AvgIpc) is 3.96. The molecule has 4 aromatic carbocycles. The summed E-state index contributed by atoms with van der Waals surface area (Å²) >= 11 is 6.54. The topological polar surface area (TPSA) is 169 Å². The number of nitrogen functional groups attached to an aromatic ring is 1. The Balaban J connectivity index is 0. The van der Waals surface area contributed by atoms with Gasteiger partial charge in [-0.05, 0) is 72.3 Å². The standard InChI is InChI=1S/C9H7NO.C8H5NO2.C7H4BrNO.C6H6BrNO.C4H10O3.C2H3BF2.CH4.FH.K/c1-2-7-3-4-9-8(5-7)10-6-11-9;10-4-6-1-2-8-7(3-6)9-5-11-8;8-5-1-2-7-6(3-5)9-4-10-7;7-4-1-2-6(9)5(8)3-4;1-5-4(6-2)7-3;1-2-3(4)5;;;/h2-6H,1H2;1-5H;1-4H;1-3,9H,8H2;4H,1-3H3;2H,1H2;1H4;1H;/q;;;;;;;;+1/p-1. The van der Waals surface area contributed by atoms with E-state index in [4.69, 9.17) is 24.1 Å².